The number of amides is 4. The summed E-state index contributed by atoms with van der Waals surface area (Å²) in [4.78, 5) is 111. The lowest BCUT2D eigenvalue weighted by Gasteiger charge is -2.18. The van der Waals surface area contributed by atoms with E-state index in [9.17, 15) is 82.3 Å². The Bertz CT molecular complexity index is 7140. The highest BCUT2D eigenvalue weighted by atomic mass is 35.5. The van der Waals surface area contributed by atoms with Crippen LogP contribution in [0.2, 0.25) is 10.0 Å². The maximum absolute atomic E-state index is 13.7. The average molecular weight is 1970 g/mol. The highest BCUT2D eigenvalue weighted by Gasteiger charge is 2.32. The van der Waals surface area contributed by atoms with Gasteiger partial charge < -0.3 is 39.5 Å². The fourth-order valence-corrected chi connectivity index (χ4v) is 16.3. The van der Waals surface area contributed by atoms with Crippen molar-refractivity contribution in [3.05, 3.63) is 336 Å². The predicted octanol–water partition coefficient (Wildman–Crippen LogP) is 25.3. The van der Waals surface area contributed by atoms with Gasteiger partial charge in [0.25, 0.3) is 19.3 Å². The minimum Gasteiger partial charge on any atom is -0.352 e. The Morgan fingerprint density at radius 3 is 1.09 bits per heavy atom. The van der Waals surface area contributed by atoms with E-state index in [0.29, 0.717) is 61.2 Å². The van der Waals surface area contributed by atoms with Gasteiger partial charge in [0.15, 0.2) is 23.1 Å². The molecule has 0 fully saturated rings. The van der Waals surface area contributed by atoms with E-state index in [1.807, 2.05) is 143 Å². The van der Waals surface area contributed by atoms with Gasteiger partial charge in [0.1, 0.15) is 22.9 Å². The number of hydrogen-bond acceptors (Lipinski definition) is 11. The van der Waals surface area contributed by atoms with Crippen LogP contribution in [0.15, 0.2) is 231 Å². The number of hydrogen-bond donors (Lipinski definition) is 4. The van der Waals surface area contributed by atoms with Crippen LogP contribution in [0.1, 0.15) is 204 Å². The van der Waals surface area contributed by atoms with E-state index in [-0.39, 0.29) is 115 Å². The summed E-state index contributed by atoms with van der Waals surface area (Å²) in [6.45, 7) is 22.3. The van der Waals surface area contributed by atoms with E-state index in [0.717, 1.165) is 108 Å². The molecule has 7 aromatic heterocycles. The zero-order valence-electron chi connectivity index (χ0n) is 79.9. The van der Waals surface area contributed by atoms with Gasteiger partial charge >= 0.3 is 6.18 Å². The lowest BCUT2D eigenvalue weighted by Crippen LogP contribution is -2.34. The Balaban J connectivity index is 0.000000169. The molecule has 141 heavy (non-hydrogen) atoms. The number of nitrogens with one attached hydrogen (secondary N) is 4. The second-order valence-corrected chi connectivity index (χ2v) is 37.1. The van der Waals surface area contributed by atoms with E-state index in [1.165, 1.54) is 61.1 Å². The molecule has 15 rings (SSSR count). The first-order chi connectivity index (χ1) is 66.8. The quantitative estimate of drug-likeness (QED) is 0.0235. The van der Waals surface area contributed by atoms with E-state index in [1.54, 1.807) is 97.1 Å². The van der Waals surface area contributed by atoms with Crippen LogP contribution < -0.4 is 21.3 Å². The van der Waals surface area contributed by atoms with E-state index < -0.39 is 70.9 Å². The molecule has 0 radical (unpaired) electrons. The lowest BCUT2D eigenvalue weighted by atomic mass is 9.95. The number of nitrogens with zero attached hydrogens (tertiary/aromatic N) is 7. The molecule has 0 unspecified atom stereocenters. The third-order valence-electron chi connectivity index (χ3n) is 23.8. The predicted molar refractivity (Wildman–Crippen MR) is 530 cm³/mol. The number of rotatable bonds is 31. The molecule has 19 nitrogen and oxygen atoms in total. The molecule has 0 aliphatic rings. The minimum atomic E-state index is -4.43. The van der Waals surface area contributed by atoms with Gasteiger partial charge in [-0.2, -0.15) is 13.2 Å². The second-order valence-electron chi connectivity index (χ2n) is 36.2. The minimum absolute atomic E-state index is 0.00352. The van der Waals surface area contributed by atoms with E-state index >= 15 is 0 Å². The van der Waals surface area contributed by atoms with Gasteiger partial charge in [-0.3, -0.25) is 53.3 Å². The van der Waals surface area contributed by atoms with Crippen LogP contribution in [0.4, 0.5) is 43.9 Å². The van der Waals surface area contributed by atoms with Crippen LogP contribution >= 0.6 is 23.2 Å². The third-order valence-corrected chi connectivity index (χ3v) is 24.4. The number of Topliss-reactive ketones (excluding diaryl/α,β-unsaturated/α-hetero) is 4. The molecule has 0 bridgehead atoms. The number of fused-ring (bicyclic) bond motifs is 4. The Morgan fingerprint density at radius 1 is 0.369 bits per heavy atom. The van der Waals surface area contributed by atoms with Crippen LogP contribution in [-0.2, 0) is 104 Å². The molecule has 4 amide bonds. The van der Waals surface area contributed by atoms with Crippen molar-refractivity contribution in [1.82, 2.24) is 54.5 Å². The lowest BCUT2D eigenvalue weighted by molar-refractivity contribution is -0.137. The van der Waals surface area contributed by atoms with Crippen molar-refractivity contribution in [3.8, 4) is 33.8 Å². The molecule has 0 spiro atoms. The Kier molecular flexibility index (Phi) is 34.7. The maximum atomic E-state index is 13.7. The van der Waals surface area contributed by atoms with Gasteiger partial charge in [-0.05, 0) is 232 Å². The number of benzene rings is 8. The highest BCUT2D eigenvalue weighted by molar-refractivity contribution is 6.34. The number of carbonyl (C=O) groups is 8. The van der Waals surface area contributed by atoms with Crippen molar-refractivity contribution in [3.63, 3.8) is 0 Å². The summed E-state index contributed by atoms with van der Waals surface area (Å²) in [6, 6.07) is 58.7. The monoisotopic (exact) mass is 1970 g/mol. The summed E-state index contributed by atoms with van der Waals surface area (Å²) in [5.41, 5.74) is 11.3. The van der Waals surface area contributed by atoms with Gasteiger partial charge in [-0.25, -0.2) is 30.7 Å². The van der Waals surface area contributed by atoms with E-state index in [4.69, 9.17) is 23.2 Å². The van der Waals surface area contributed by atoms with Gasteiger partial charge in [-0.1, -0.05) is 140 Å². The number of carbonyl (C=O) groups excluding carboxylic acids is 8. The Hall–Kier alpha value is -14.2. The third kappa shape index (κ3) is 26.7. The molecule has 0 atom stereocenters. The summed E-state index contributed by atoms with van der Waals surface area (Å²) < 4.78 is 142. The van der Waals surface area contributed by atoms with Crippen molar-refractivity contribution in [2.24, 2.45) is 37.3 Å². The zero-order valence-corrected chi connectivity index (χ0v) is 81.4. The topological polar surface area (TPSA) is 243 Å². The summed E-state index contributed by atoms with van der Waals surface area (Å²) in [7, 11) is 3.75. The maximum Gasteiger partial charge on any atom is 0.416 e. The standard InChI is InChI=1S/C29H28ClF2N3O2.C29H28ClFN2O2.C29H26F5N3O2.C23H25F2N3O2/c1-4-35-24-10-5-18(11-21(24)14-25(35)20-6-8-22(30)9-7-20)13-26(36)23-12-19(15-33-27(23)28(31)32)16-34-29(37)17(2)3;1-29(2,3)28(35)32-17-19-5-11-24(30)23(14-19)27(34)15-18-6-12-25-21(13-18)16-26(33(25)4)20-7-9-22(31)10-8-20;1-16(2)28(39)36-15-18-11-22(26(27(30)31)35-14-18)25(38)12-17-4-9-23-20(10-17)13-24(37(23)3)19-5-7-21(8-6-19)29(32,33)34;1-4-28-8-7-17-9-15(5-6-19(17)28)11-20(29)18-10-16(12-26-21(18)22(24)25)13-27-23(30)14(2)3/h5-12,14-15,17,28H,4,13,16H2,1-3H3,(H,34,37);5-14,16H,15,17H2,1-4H3,(H,32,35);4-11,13-14,16,27H,12,15H2,1-3H3,(H,36,39);5-10,12,14,22H,4,11,13H2,1-3H3,(H,27,30). The first-order valence-electron chi connectivity index (χ1n) is 45.7. The fourth-order valence-electron chi connectivity index (χ4n) is 16.0. The molecule has 0 aliphatic carbocycles. The van der Waals surface area contributed by atoms with Gasteiger partial charge in [0.05, 0.1) is 10.6 Å². The van der Waals surface area contributed by atoms with Gasteiger partial charge in [0.2, 0.25) is 23.6 Å². The average Bonchev–Trinajstić information content (AvgIpc) is 1.64. The molecule has 0 saturated carbocycles. The van der Waals surface area contributed by atoms with Crippen LogP contribution in [0, 0.1) is 29.0 Å². The number of alkyl halides is 9. The largest absolute Gasteiger partial charge is 0.416 e. The number of ketones is 4. The number of pyridine rings is 3. The molecular weight excluding hydrogens is 1860 g/mol. The first-order valence-corrected chi connectivity index (χ1v) is 46.5. The van der Waals surface area contributed by atoms with Crippen molar-refractivity contribution in [1.29, 1.82) is 0 Å². The number of aryl methyl sites for hydroxylation is 4. The van der Waals surface area contributed by atoms with Crippen molar-refractivity contribution >= 4 is 114 Å². The van der Waals surface area contributed by atoms with Gasteiger partial charge in [-0.15, -0.1) is 0 Å². The molecule has 734 valence electrons. The summed E-state index contributed by atoms with van der Waals surface area (Å²) in [5, 5.41) is 15.8. The van der Waals surface area contributed by atoms with Crippen molar-refractivity contribution in [2.45, 2.75) is 167 Å². The molecule has 31 heteroatoms. The van der Waals surface area contributed by atoms with E-state index in [2.05, 4.69) is 62.9 Å². The van der Waals surface area contributed by atoms with Crippen LogP contribution in [0.3, 0.4) is 0 Å². The van der Waals surface area contributed by atoms with Crippen LogP contribution in [-0.4, -0.2) is 80.0 Å². The smallest absolute Gasteiger partial charge is 0.352 e. The molecular formula is C110H107Cl2F10N11O8. The summed E-state index contributed by atoms with van der Waals surface area (Å²) in [6.07, 6.45) is -7.39. The molecule has 4 N–H and O–H groups in total. The first kappa shape index (κ1) is 106. The normalized spacial score (nSPS) is 11.6. The fraction of sp³-hybridized carbons (Fsp3) is 0.282. The molecule has 7 heterocycles. The number of halogens is 12. The Morgan fingerprint density at radius 2 is 0.709 bits per heavy atom. The van der Waals surface area contributed by atoms with Crippen molar-refractivity contribution in [2.75, 3.05) is 0 Å². The number of aromatic nitrogens is 7. The second kappa shape index (κ2) is 46.3. The van der Waals surface area contributed by atoms with Gasteiger partial charge in [0, 0.05) is 210 Å². The summed E-state index contributed by atoms with van der Waals surface area (Å²) in [5.74, 6) is -3.06. The Labute approximate surface area is 819 Å². The molecule has 8 aromatic carbocycles. The molecule has 0 saturated heterocycles. The van der Waals surface area contributed by atoms with Crippen molar-refractivity contribution < 1.29 is 82.3 Å². The SMILES string of the molecule is CC(C)C(=O)NCc1cnc(C(F)F)c(C(=O)Cc2ccc3c(c2)cc(-c2ccc(C(F)(F)F)cc2)n3C)c1.CCn1c(-c2ccc(Cl)cc2)cc2cc(CC(=O)c3cc(CNC(=O)C(C)C)cnc3C(F)F)ccc21.CCn1ccc2cc(CC(=O)c3cc(CNC(=O)C(C)C)cnc3C(F)F)ccc21.Cn1c(-c2ccc(F)cc2)cc2cc(CC(=O)c3cc(CNC(=O)C(C)(C)C)ccc3Cl)ccc21. The highest BCUT2D eigenvalue weighted by Crippen LogP contribution is 2.38. The summed E-state index contributed by atoms with van der Waals surface area (Å²) >= 11 is 12.4. The van der Waals surface area contributed by atoms with Crippen LogP contribution in [0.25, 0.3) is 77.4 Å². The molecule has 15 aromatic rings. The zero-order chi connectivity index (χ0) is 102. The molecule has 0 aliphatic heterocycles. The van der Waals surface area contributed by atoms with Crippen LogP contribution in [0.5, 0.6) is 0 Å².